The number of ether oxygens (including phenoxy) is 1. The molecule has 0 aliphatic carbocycles. The fourth-order valence-corrected chi connectivity index (χ4v) is 3.86. The number of rotatable bonds is 4. The topological polar surface area (TPSA) is 106 Å². The Morgan fingerprint density at radius 1 is 1.30 bits per heavy atom. The van der Waals surface area contributed by atoms with E-state index in [9.17, 15) is 14.4 Å². The second kappa shape index (κ2) is 8.07. The number of nitrogens with zero attached hydrogens (tertiary/aromatic N) is 5. The van der Waals surface area contributed by atoms with Crippen LogP contribution in [-0.4, -0.2) is 32.3 Å². The molecule has 0 unspecified atom stereocenters. The van der Waals surface area contributed by atoms with Gasteiger partial charge in [-0.3, -0.25) is 9.78 Å². The molecule has 33 heavy (non-hydrogen) atoms. The highest BCUT2D eigenvalue weighted by Gasteiger charge is 2.33. The van der Waals surface area contributed by atoms with Crippen LogP contribution >= 0.6 is 0 Å². The lowest BCUT2D eigenvalue weighted by Crippen LogP contribution is -2.33. The van der Waals surface area contributed by atoms with Crippen LogP contribution in [0.15, 0.2) is 55.0 Å². The molecule has 0 spiro atoms. The summed E-state index contributed by atoms with van der Waals surface area (Å²) in [5.41, 5.74) is 2.70. The van der Waals surface area contributed by atoms with Gasteiger partial charge in [-0.15, -0.1) is 0 Å². The van der Waals surface area contributed by atoms with Gasteiger partial charge >= 0.3 is 0 Å². The average molecular weight is 442 g/mol. The van der Waals surface area contributed by atoms with Crippen LogP contribution in [0.5, 0.6) is 0 Å². The predicted octanol–water partition coefficient (Wildman–Crippen LogP) is 3.20. The smallest absolute Gasteiger partial charge is 0.251 e. The molecule has 164 valence electrons. The molecule has 4 aromatic rings. The summed E-state index contributed by atoms with van der Waals surface area (Å²) in [6.07, 6.45) is 4.04. The zero-order chi connectivity index (χ0) is 23.0. The van der Waals surface area contributed by atoms with E-state index >= 15 is 0 Å². The van der Waals surface area contributed by atoms with E-state index in [1.807, 2.05) is 19.1 Å². The molecule has 0 saturated carbocycles. The standard InChI is InChI=1S/C24H19FN6O2/c1-24(13-26)14-33-12-17-3-2-15(6-20(17)24)23(32)28-10-19-7-21-16(8-27-19)4-5-22(30-21)31-11-18(25)9-29-31/h2-9,11H,10,12,14H2,1H3,(H,28,32)/t24-/m1/s1. The Labute approximate surface area is 188 Å². The lowest BCUT2D eigenvalue weighted by Gasteiger charge is -2.30. The van der Waals surface area contributed by atoms with E-state index in [0.29, 0.717) is 35.8 Å². The Bertz CT molecular complexity index is 1430. The number of nitriles is 1. The zero-order valence-corrected chi connectivity index (χ0v) is 17.7. The summed E-state index contributed by atoms with van der Waals surface area (Å²) in [4.78, 5) is 21.7. The van der Waals surface area contributed by atoms with E-state index in [4.69, 9.17) is 4.74 Å². The van der Waals surface area contributed by atoms with Crippen molar-refractivity contribution in [3.05, 3.63) is 83.2 Å². The largest absolute Gasteiger partial charge is 0.375 e. The van der Waals surface area contributed by atoms with Gasteiger partial charge in [0, 0.05) is 17.1 Å². The number of hydrogen-bond donors (Lipinski definition) is 1. The van der Waals surface area contributed by atoms with Crippen molar-refractivity contribution in [1.29, 1.82) is 5.26 Å². The summed E-state index contributed by atoms with van der Waals surface area (Å²) >= 11 is 0. The number of benzene rings is 1. The number of halogens is 1. The summed E-state index contributed by atoms with van der Waals surface area (Å²) in [6, 6.07) is 13.0. The molecule has 0 saturated heterocycles. The van der Waals surface area contributed by atoms with Gasteiger partial charge in [-0.25, -0.2) is 14.1 Å². The van der Waals surface area contributed by atoms with Crippen molar-refractivity contribution < 1.29 is 13.9 Å². The van der Waals surface area contributed by atoms with Crippen LogP contribution in [0.3, 0.4) is 0 Å². The number of pyridine rings is 2. The first-order valence-corrected chi connectivity index (χ1v) is 10.3. The second-order valence-corrected chi connectivity index (χ2v) is 8.13. The Morgan fingerprint density at radius 3 is 2.97 bits per heavy atom. The van der Waals surface area contributed by atoms with Crippen LogP contribution < -0.4 is 5.32 Å². The van der Waals surface area contributed by atoms with Crippen LogP contribution in [0.4, 0.5) is 4.39 Å². The summed E-state index contributed by atoms with van der Waals surface area (Å²) in [5, 5.41) is 17.2. The highest BCUT2D eigenvalue weighted by molar-refractivity contribution is 5.94. The van der Waals surface area contributed by atoms with Crippen molar-refractivity contribution in [2.75, 3.05) is 6.61 Å². The highest BCUT2D eigenvalue weighted by atomic mass is 19.1. The fourth-order valence-electron chi connectivity index (χ4n) is 3.86. The van der Waals surface area contributed by atoms with Gasteiger partial charge in [0.25, 0.3) is 5.91 Å². The van der Waals surface area contributed by atoms with Gasteiger partial charge in [-0.1, -0.05) is 6.07 Å². The minimum atomic E-state index is -0.787. The van der Waals surface area contributed by atoms with E-state index in [-0.39, 0.29) is 12.5 Å². The maximum atomic E-state index is 13.3. The minimum absolute atomic E-state index is 0.201. The van der Waals surface area contributed by atoms with Crippen LogP contribution in [0.1, 0.15) is 34.1 Å². The van der Waals surface area contributed by atoms with Gasteiger partial charge in [0.1, 0.15) is 5.41 Å². The molecule has 3 aromatic heterocycles. The molecule has 1 amide bonds. The summed E-state index contributed by atoms with van der Waals surface area (Å²) < 4.78 is 20.2. The first-order chi connectivity index (χ1) is 15.9. The molecule has 1 aliphatic heterocycles. The molecule has 0 fully saturated rings. The van der Waals surface area contributed by atoms with E-state index in [0.717, 1.165) is 22.7 Å². The van der Waals surface area contributed by atoms with E-state index < -0.39 is 11.2 Å². The fraction of sp³-hybridized carbons (Fsp3) is 0.208. The van der Waals surface area contributed by atoms with E-state index in [1.165, 1.54) is 10.9 Å². The molecule has 4 heterocycles. The van der Waals surface area contributed by atoms with Crippen molar-refractivity contribution in [2.45, 2.75) is 25.5 Å². The van der Waals surface area contributed by atoms with Crippen molar-refractivity contribution in [3.8, 4) is 11.9 Å². The number of nitrogens with one attached hydrogen (secondary N) is 1. The first-order valence-electron chi connectivity index (χ1n) is 10.3. The maximum Gasteiger partial charge on any atom is 0.251 e. The monoisotopic (exact) mass is 442 g/mol. The number of aromatic nitrogens is 4. The van der Waals surface area contributed by atoms with Gasteiger partial charge < -0.3 is 10.1 Å². The molecule has 1 aliphatic rings. The molecule has 1 N–H and O–H groups in total. The van der Waals surface area contributed by atoms with Gasteiger partial charge in [0.05, 0.1) is 49.4 Å². The van der Waals surface area contributed by atoms with Crippen LogP contribution in [0.25, 0.3) is 16.7 Å². The molecule has 0 radical (unpaired) electrons. The third-order valence-electron chi connectivity index (χ3n) is 5.69. The normalized spacial score (nSPS) is 17.4. The first kappa shape index (κ1) is 20.7. The van der Waals surface area contributed by atoms with Gasteiger partial charge in [0.2, 0.25) is 0 Å². The molecule has 8 nitrogen and oxygen atoms in total. The van der Waals surface area contributed by atoms with Gasteiger partial charge in [-0.2, -0.15) is 10.4 Å². The quantitative estimate of drug-likeness (QED) is 0.520. The molecular weight excluding hydrogens is 423 g/mol. The number of carbonyl (C=O) groups is 1. The van der Waals surface area contributed by atoms with Crippen molar-refractivity contribution in [2.24, 2.45) is 0 Å². The Balaban J connectivity index is 1.35. The number of hydrogen-bond acceptors (Lipinski definition) is 6. The Kier molecular flexibility index (Phi) is 5.07. The van der Waals surface area contributed by atoms with Crippen molar-refractivity contribution in [3.63, 3.8) is 0 Å². The van der Waals surface area contributed by atoms with Gasteiger partial charge in [0.15, 0.2) is 11.6 Å². The third kappa shape index (κ3) is 3.92. The molecule has 9 heteroatoms. The zero-order valence-electron chi connectivity index (χ0n) is 17.7. The second-order valence-electron chi connectivity index (χ2n) is 8.13. The molecule has 0 bridgehead atoms. The summed E-state index contributed by atoms with van der Waals surface area (Å²) in [5.74, 6) is -0.230. The summed E-state index contributed by atoms with van der Waals surface area (Å²) in [6.45, 7) is 2.73. The molecule has 1 atom stereocenters. The van der Waals surface area contributed by atoms with Gasteiger partial charge in [-0.05, 0) is 48.4 Å². The van der Waals surface area contributed by atoms with Crippen LogP contribution in [-0.2, 0) is 23.3 Å². The third-order valence-corrected chi connectivity index (χ3v) is 5.69. The van der Waals surface area contributed by atoms with Crippen LogP contribution in [0.2, 0.25) is 0 Å². The SMILES string of the molecule is C[C@@]1(C#N)COCc2ccc(C(=O)NCc3cc4nc(-n5cc(F)cn5)ccc4cn3)cc21. The average Bonchev–Trinajstić information content (AvgIpc) is 3.28. The summed E-state index contributed by atoms with van der Waals surface area (Å²) in [7, 11) is 0. The van der Waals surface area contributed by atoms with Crippen molar-refractivity contribution >= 4 is 16.8 Å². The Hall–Kier alpha value is -4.16. The van der Waals surface area contributed by atoms with Crippen molar-refractivity contribution in [1.82, 2.24) is 25.1 Å². The number of fused-ring (bicyclic) bond motifs is 2. The van der Waals surface area contributed by atoms with E-state index in [2.05, 4.69) is 26.5 Å². The lowest BCUT2D eigenvalue weighted by atomic mass is 9.79. The predicted molar refractivity (Wildman–Crippen MR) is 117 cm³/mol. The molecular formula is C24H19FN6O2. The van der Waals surface area contributed by atoms with Crippen LogP contribution in [0, 0.1) is 17.1 Å². The Morgan fingerprint density at radius 2 is 2.18 bits per heavy atom. The number of carbonyl (C=O) groups excluding carboxylic acids is 1. The maximum absolute atomic E-state index is 13.3. The minimum Gasteiger partial charge on any atom is -0.375 e. The van der Waals surface area contributed by atoms with E-state index in [1.54, 1.807) is 30.5 Å². The molecule has 5 rings (SSSR count). The number of amides is 1. The lowest BCUT2D eigenvalue weighted by molar-refractivity contribution is 0.0757. The highest BCUT2D eigenvalue weighted by Crippen LogP contribution is 2.32. The molecule has 1 aromatic carbocycles.